The summed E-state index contributed by atoms with van der Waals surface area (Å²) in [4.78, 5) is 8.00. The molecular formula is C16H10F3N7O. The maximum absolute atomic E-state index is 14.3. The fraction of sp³-hybridized carbons (Fsp3) is 0.125. The zero-order valence-corrected chi connectivity index (χ0v) is 13.5. The van der Waals surface area contributed by atoms with Gasteiger partial charge in [-0.05, 0) is 18.2 Å². The first kappa shape index (κ1) is 16.8. The highest BCUT2D eigenvalue weighted by atomic mass is 19.3. The minimum absolute atomic E-state index is 0.0332. The van der Waals surface area contributed by atoms with Crippen LogP contribution in [0.3, 0.4) is 0 Å². The fourth-order valence-electron chi connectivity index (χ4n) is 2.31. The van der Waals surface area contributed by atoms with Gasteiger partial charge in [0.2, 0.25) is 5.89 Å². The minimum atomic E-state index is -2.90. The standard InChI is InChI=1S/C16H10F3N7O/c17-11-4-10(15-23-24-16(27-15)14(18)19)6-21-13(11)8-26-7-12(22-25-26)9-2-1-3-20-5-9/h1-7,14H,8H2. The van der Waals surface area contributed by atoms with Crippen LogP contribution in [0.2, 0.25) is 0 Å². The van der Waals surface area contributed by atoms with Gasteiger partial charge in [0.15, 0.2) is 0 Å². The number of hydrogen-bond acceptors (Lipinski definition) is 7. The molecule has 0 saturated carbocycles. The summed E-state index contributed by atoms with van der Waals surface area (Å²) in [7, 11) is 0. The van der Waals surface area contributed by atoms with Gasteiger partial charge in [0.25, 0.3) is 5.89 Å². The van der Waals surface area contributed by atoms with Crippen LogP contribution in [0, 0.1) is 5.82 Å². The van der Waals surface area contributed by atoms with Gasteiger partial charge in [0.1, 0.15) is 11.5 Å². The van der Waals surface area contributed by atoms with Gasteiger partial charge in [-0.1, -0.05) is 5.21 Å². The van der Waals surface area contributed by atoms with Crippen molar-refractivity contribution >= 4 is 0 Å². The third-order valence-corrected chi connectivity index (χ3v) is 3.60. The normalized spacial score (nSPS) is 11.3. The van der Waals surface area contributed by atoms with E-state index in [4.69, 9.17) is 4.42 Å². The lowest BCUT2D eigenvalue weighted by atomic mass is 10.2. The van der Waals surface area contributed by atoms with Crippen molar-refractivity contribution in [3.8, 4) is 22.7 Å². The fourth-order valence-corrected chi connectivity index (χ4v) is 2.31. The van der Waals surface area contributed by atoms with E-state index in [0.29, 0.717) is 5.69 Å². The van der Waals surface area contributed by atoms with Gasteiger partial charge in [0, 0.05) is 24.2 Å². The highest BCUT2D eigenvalue weighted by Crippen LogP contribution is 2.24. The average Bonchev–Trinajstić information content (AvgIpc) is 3.34. The van der Waals surface area contributed by atoms with E-state index >= 15 is 0 Å². The predicted molar refractivity (Wildman–Crippen MR) is 84.8 cm³/mol. The zero-order valence-electron chi connectivity index (χ0n) is 13.5. The molecule has 0 aliphatic carbocycles. The van der Waals surface area contributed by atoms with E-state index in [9.17, 15) is 13.2 Å². The third kappa shape index (κ3) is 3.52. The number of nitrogens with zero attached hydrogens (tertiary/aromatic N) is 7. The molecule has 0 unspecified atom stereocenters. The van der Waals surface area contributed by atoms with Gasteiger partial charge in [0.05, 0.1) is 24.0 Å². The summed E-state index contributed by atoms with van der Waals surface area (Å²) in [5, 5.41) is 14.6. The number of hydrogen-bond donors (Lipinski definition) is 0. The molecule has 4 aromatic heterocycles. The summed E-state index contributed by atoms with van der Waals surface area (Å²) in [5.41, 5.74) is 1.56. The second-order valence-corrected chi connectivity index (χ2v) is 5.44. The molecule has 0 aliphatic heterocycles. The second-order valence-electron chi connectivity index (χ2n) is 5.44. The Morgan fingerprint density at radius 3 is 2.70 bits per heavy atom. The summed E-state index contributed by atoms with van der Waals surface area (Å²) < 4.78 is 45.6. The maximum atomic E-state index is 14.3. The summed E-state index contributed by atoms with van der Waals surface area (Å²) in [5.74, 6) is -1.73. The minimum Gasteiger partial charge on any atom is -0.415 e. The smallest absolute Gasteiger partial charge is 0.314 e. The van der Waals surface area contributed by atoms with E-state index in [-0.39, 0.29) is 23.7 Å². The second kappa shape index (κ2) is 6.94. The molecule has 0 N–H and O–H groups in total. The van der Waals surface area contributed by atoms with Crippen molar-refractivity contribution in [2.75, 3.05) is 0 Å². The summed E-state index contributed by atoms with van der Waals surface area (Å²) >= 11 is 0. The first-order valence-electron chi connectivity index (χ1n) is 7.67. The van der Waals surface area contributed by atoms with Crippen molar-refractivity contribution in [2.24, 2.45) is 0 Å². The molecule has 0 spiro atoms. The molecular weight excluding hydrogens is 363 g/mol. The molecule has 0 saturated heterocycles. The van der Waals surface area contributed by atoms with Crippen LogP contribution in [-0.2, 0) is 6.54 Å². The van der Waals surface area contributed by atoms with E-state index in [1.807, 2.05) is 6.07 Å². The Morgan fingerprint density at radius 1 is 1.11 bits per heavy atom. The molecule has 0 aliphatic rings. The Kier molecular flexibility index (Phi) is 4.32. The topological polar surface area (TPSA) is 95.4 Å². The maximum Gasteiger partial charge on any atom is 0.314 e. The van der Waals surface area contributed by atoms with Crippen LogP contribution < -0.4 is 0 Å². The molecule has 4 rings (SSSR count). The van der Waals surface area contributed by atoms with Gasteiger partial charge >= 0.3 is 6.43 Å². The molecule has 11 heteroatoms. The molecule has 0 amide bonds. The molecule has 0 bridgehead atoms. The van der Waals surface area contributed by atoms with Gasteiger partial charge in [-0.3, -0.25) is 9.97 Å². The number of rotatable bonds is 5. The Bertz CT molecular complexity index is 1060. The first-order chi connectivity index (χ1) is 13.1. The Morgan fingerprint density at radius 2 is 2.00 bits per heavy atom. The van der Waals surface area contributed by atoms with Crippen molar-refractivity contribution in [1.82, 2.24) is 35.2 Å². The van der Waals surface area contributed by atoms with Crippen LogP contribution in [0.1, 0.15) is 18.0 Å². The lowest BCUT2D eigenvalue weighted by Crippen LogP contribution is -2.05. The molecule has 27 heavy (non-hydrogen) atoms. The average molecular weight is 373 g/mol. The van der Waals surface area contributed by atoms with Gasteiger partial charge in [-0.2, -0.15) is 8.78 Å². The molecule has 4 heterocycles. The van der Waals surface area contributed by atoms with Crippen LogP contribution in [-0.4, -0.2) is 35.2 Å². The van der Waals surface area contributed by atoms with E-state index in [1.165, 1.54) is 10.9 Å². The predicted octanol–water partition coefficient (Wildman–Crippen LogP) is 2.91. The lowest BCUT2D eigenvalue weighted by molar-refractivity contribution is 0.116. The van der Waals surface area contributed by atoms with E-state index in [0.717, 1.165) is 11.6 Å². The molecule has 8 nitrogen and oxygen atoms in total. The Balaban J connectivity index is 1.54. The summed E-state index contributed by atoms with van der Waals surface area (Å²) in [6, 6.07) is 4.68. The molecule has 0 radical (unpaired) electrons. The van der Waals surface area contributed by atoms with Crippen LogP contribution in [0.25, 0.3) is 22.7 Å². The molecule has 136 valence electrons. The highest BCUT2D eigenvalue weighted by molar-refractivity contribution is 5.55. The van der Waals surface area contributed by atoms with Gasteiger partial charge < -0.3 is 4.42 Å². The van der Waals surface area contributed by atoms with Crippen molar-refractivity contribution in [3.05, 3.63) is 60.4 Å². The van der Waals surface area contributed by atoms with E-state index in [1.54, 1.807) is 24.7 Å². The SMILES string of the molecule is Fc1cc(-c2nnc(C(F)F)o2)cnc1Cn1cc(-c2cccnc2)nn1. The van der Waals surface area contributed by atoms with Crippen LogP contribution in [0.5, 0.6) is 0 Å². The molecule has 0 aromatic carbocycles. The van der Waals surface area contributed by atoms with Crippen LogP contribution in [0.4, 0.5) is 13.2 Å². The number of aromatic nitrogens is 7. The van der Waals surface area contributed by atoms with Crippen molar-refractivity contribution in [2.45, 2.75) is 13.0 Å². The third-order valence-electron chi connectivity index (χ3n) is 3.60. The lowest BCUT2D eigenvalue weighted by Gasteiger charge is -2.03. The molecule has 0 atom stereocenters. The first-order valence-corrected chi connectivity index (χ1v) is 7.67. The van der Waals surface area contributed by atoms with Gasteiger partial charge in [-0.15, -0.1) is 15.3 Å². The Hall–Kier alpha value is -3.63. The highest BCUT2D eigenvalue weighted by Gasteiger charge is 2.18. The van der Waals surface area contributed by atoms with Crippen LogP contribution >= 0.6 is 0 Å². The molecule has 0 fully saturated rings. The summed E-state index contributed by atoms with van der Waals surface area (Å²) in [6.07, 6.45) is 3.28. The van der Waals surface area contributed by atoms with E-state index in [2.05, 4.69) is 30.5 Å². The molecule has 4 aromatic rings. The Labute approximate surface area is 149 Å². The van der Waals surface area contributed by atoms with Gasteiger partial charge in [-0.25, -0.2) is 9.07 Å². The monoisotopic (exact) mass is 373 g/mol. The number of halogens is 3. The quantitative estimate of drug-likeness (QED) is 0.531. The summed E-state index contributed by atoms with van der Waals surface area (Å²) in [6.45, 7) is 0.0332. The van der Waals surface area contributed by atoms with Crippen molar-refractivity contribution < 1.29 is 17.6 Å². The zero-order chi connectivity index (χ0) is 18.8. The van der Waals surface area contributed by atoms with E-state index < -0.39 is 18.1 Å². The van der Waals surface area contributed by atoms with Crippen molar-refractivity contribution in [3.63, 3.8) is 0 Å². The largest absolute Gasteiger partial charge is 0.415 e. The van der Waals surface area contributed by atoms with Crippen molar-refractivity contribution in [1.29, 1.82) is 0 Å². The van der Waals surface area contributed by atoms with Crippen LogP contribution in [0.15, 0.2) is 47.4 Å². The number of pyridine rings is 2. The number of alkyl halides is 2.